The minimum absolute atomic E-state index is 0. The Hall–Kier alpha value is -3.79. The first kappa shape index (κ1) is 29.8. The number of benzene rings is 3. The molecule has 4 rings (SSSR count). The van der Waals surface area contributed by atoms with E-state index in [9.17, 15) is 14.4 Å². The standard InChI is InChI=1S/C29H29N3O6.Na/c1-19-14-25(36-3)28(26(15-19)37-4)30-27(34)18-31(17-21-10-6-5-7-11-21)29(35)24-16-22-12-8-9-13-23(22)32(24)38-20(2)33;/h5-16H,17-18H2,1-4H3,(H,30,34);. The molecule has 9 nitrogen and oxygen atoms in total. The van der Waals surface area contributed by atoms with E-state index in [1.165, 1.54) is 30.8 Å². The van der Waals surface area contributed by atoms with Crippen molar-refractivity contribution < 1.29 is 28.7 Å². The molecule has 0 aliphatic rings. The van der Waals surface area contributed by atoms with Crippen LogP contribution in [-0.4, -0.2) is 77.7 Å². The summed E-state index contributed by atoms with van der Waals surface area (Å²) in [5.41, 5.74) is 2.77. The van der Waals surface area contributed by atoms with Crippen molar-refractivity contribution in [1.29, 1.82) is 0 Å². The van der Waals surface area contributed by atoms with Gasteiger partial charge in [-0.05, 0) is 42.3 Å². The molecule has 39 heavy (non-hydrogen) atoms. The fraction of sp³-hybridized carbons (Fsp3) is 0.207. The number of ether oxygens (including phenoxy) is 2. The Morgan fingerprint density at radius 1 is 0.897 bits per heavy atom. The Bertz CT molecular complexity index is 1460. The molecular weight excluding hydrogens is 509 g/mol. The summed E-state index contributed by atoms with van der Waals surface area (Å²) >= 11 is 0. The summed E-state index contributed by atoms with van der Waals surface area (Å²) in [5, 5.41) is 3.55. The number of aromatic nitrogens is 1. The number of carbonyl (C=O) groups excluding carboxylic acids is 3. The average Bonchev–Trinajstić information content (AvgIpc) is 3.26. The molecule has 0 saturated carbocycles. The predicted molar refractivity (Wildman–Crippen MR) is 149 cm³/mol. The van der Waals surface area contributed by atoms with E-state index in [1.807, 2.05) is 49.4 Å². The minimum Gasteiger partial charge on any atom is -0.494 e. The predicted octanol–water partition coefficient (Wildman–Crippen LogP) is 3.84. The molecule has 0 unspecified atom stereocenters. The fourth-order valence-electron chi connectivity index (χ4n) is 4.19. The number of nitrogens with zero attached hydrogens (tertiary/aromatic N) is 2. The fourth-order valence-corrected chi connectivity index (χ4v) is 4.19. The van der Waals surface area contributed by atoms with Crippen LogP contribution in [0.1, 0.15) is 28.5 Å². The topological polar surface area (TPSA) is 99.1 Å². The van der Waals surface area contributed by atoms with Crippen LogP contribution in [0.15, 0.2) is 72.8 Å². The summed E-state index contributed by atoms with van der Waals surface area (Å²) in [4.78, 5) is 45.8. The van der Waals surface area contributed by atoms with Crippen LogP contribution in [0.5, 0.6) is 11.5 Å². The number of para-hydroxylation sites is 1. The summed E-state index contributed by atoms with van der Waals surface area (Å²) in [6.07, 6.45) is 0. The minimum atomic E-state index is -0.577. The summed E-state index contributed by atoms with van der Waals surface area (Å²) in [7, 11) is 3.01. The van der Waals surface area contributed by atoms with Crippen LogP contribution in [0, 0.1) is 6.92 Å². The van der Waals surface area contributed by atoms with Gasteiger partial charge in [0.05, 0.1) is 19.7 Å². The third-order valence-electron chi connectivity index (χ3n) is 5.86. The Labute approximate surface area is 248 Å². The van der Waals surface area contributed by atoms with Crippen molar-refractivity contribution in [3.05, 3.63) is 89.6 Å². The second-order valence-electron chi connectivity index (χ2n) is 8.71. The van der Waals surface area contributed by atoms with Crippen molar-refractivity contribution in [3.8, 4) is 11.5 Å². The van der Waals surface area contributed by atoms with Crippen molar-refractivity contribution in [3.63, 3.8) is 0 Å². The van der Waals surface area contributed by atoms with Crippen LogP contribution in [0.4, 0.5) is 5.69 Å². The second-order valence-corrected chi connectivity index (χ2v) is 8.71. The number of nitrogens with one attached hydrogen (secondary N) is 1. The van der Waals surface area contributed by atoms with Gasteiger partial charge in [0.1, 0.15) is 29.4 Å². The molecule has 2 amide bonds. The SMILES string of the molecule is COc1cc(C)cc(OC)c1NC(=O)CN(Cc1ccccc1)C(=O)c1cc2ccccc2n1OC(C)=O.[Na]. The van der Waals surface area contributed by atoms with Gasteiger partial charge in [-0.25, -0.2) is 4.79 Å². The first-order chi connectivity index (χ1) is 18.3. The van der Waals surface area contributed by atoms with Gasteiger partial charge >= 0.3 is 5.97 Å². The Morgan fingerprint density at radius 2 is 1.51 bits per heavy atom. The Balaban J connectivity index is 0.00000420. The van der Waals surface area contributed by atoms with E-state index in [-0.39, 0.29) is 48.3 Å². The molecule has 1 radical (unpaired) electrons. The van der Waals surface area contributed by atoms with Crippen LogP contribution in [-0.2, 0) is 16.1 Å². The number of aryl methyl sites for hydroxylation is 1. The van der Waals surface area contributed by atoms with Gasteiger partial charge in [-0.15, -0.1) is 0 Å². The maximum absolute atomic E-state index is 13.9. The first-order valence-corrected chi connectivity index (χ1v) is 12.0. The second kappa shape index (κ2) is 13.3. The van der Waals surface area contributed by atoms with E-state index in [4.69, 9.17) is 14.3 Å². The summed E-state index contributed by atoms with van der Waals surface area (Å²) < 4.78 is 12.1. The van der Waals surface area contributed by atoms with Gasteiger partial charge in [0.2, 0.25) is 5.91 Å². The molecule has 1 heterocycles. The van der Waals surface area contributed by atoms with Gasteiger partial charge in [-0.3, -0.25) is 9.59 Å². The smallest absolute Gasteiger partial charge is 0.329 e. The van der Waals surface area contributed by atoms with Crippen molar-refractivity contribution in [2.45, 2.75) is 20.4 Å². The molecule has 4 aromatic rings. The van der Waals surface area contributed by atoms with Crippen LogP contribution < -0.4 is 19.6 Å². The molecular formula is C29H29N3NaO6. The monoisotopic (exact) mass is 538 g/mol. The van der Waals surface area contributed by atoms with Gasteiger partial charge in [0.25, 0.3) is 5.91 Å². The van der Waals surface area contributed by atoms with E-state index in [2.05, 4.69) is 5.32 Å². The van der Waals surface area contributed by atoms with E-state index in [1.54, 1.807) is 30.3 Å². The van der Waals surface area contributed by atoms with E-state index in [0.29, 0.717) is 22.7 Å². The maximum Gasteiger partial charge on any atom is 0.329 e. The zero-order chi connectivity index (χ0) is 27.2. The largest absolute Gasteiger partial charge is 0.494 e. The molecule has 0 fully saturated rings. The molecule has 1 aromatic heterocycles. The van der Waals surface area contributed by atoms with Crippen LogP contribution >= 0.6 is 0 Å². The molecule has 0 saturated heterocycles. The number of carbonyl (C=O) groups is 3. The molecule has 10 heteroatoms. The number of anilines is 1. The molecule has 0 spiro atoms. The van der Waals surface area contributed by atoms with E-state index < -0.39 is 17.8 Å². The summed E-state index contributed by atoms with van der Waals surface area (Å²) in [6.45, 7) is 3.02. The molecule has 0 bridgehead atoms. The average molecular weight is 539 g/mol. The molecule has 0 aliphatic carbocycles. The quantitative estimate of drug-likeness (QED) is 0.325. The molecule has 197 valence electrons. The van der Waals surface area contributed by atoms with Crippen molar-refractivity contribution in [1.82, 2.24) is 9.63 Å². The van der Waals surface area contributed by atoms with Crippen LogP contribution in [0.3, 0.4) is 0 Å². The van der Waals surface area contributed by atoms with E-state index in [0.717, 1.165) is 16.5 Å². The zero-order valence-corrected chi connectivity index (χ0v) is 24.7. The molecule has 1 N–H and O–H groups in total. The van der Waals surface area contributed by atoms with Gasteiger partial charge < -0.3 is 24.5 Å². The number of amides is 2. The van der Waals surface area contributed by atoms with Crippen LogP contribution in [0.25, 0.3) is 10.9 Å². The third kappa shape index (κ3) is 7.00. The zero-order valence-electron chi connectivity index (χ0n) is 22.7. The molecule has 0 atom stereocenters. The summed E-state index contributed by atoms with van der Waals surface area (Å²) in [6, 6.07) is 21.7. The van der Waals surface area contributed by atoms with E-state index >= 15 is 0 Å². The van der Waals surface area contributed by atoms with Gasteiger partial charge in [-0.1, -0.05) is 48.5 Å². The molecule has 3 aromatic carbocycles. The normalized spacial score (nSPS) is 10.4. The first-order valence-electron chi connectivity index (χ1n) is 12.0. The van der Waals surface area contributed by atoms with Crippen molar-refractivity contribution >= 4 is 63.9 Å². The summed E-state index contributed by atoms with van der Waals surface area (Å²) in [5.74, 6) is -0.641. The number of rotatable bonds is 9. The van der Waals surface area contributed by atoms with Gasteiger partial charge in [0, 0.05) is 48.4 Å². The Kier molecular flexibility index (Phi) is 10.2. The number of methoxy groups -OCH3 is 2. The number of hydrogen-bond donors (Lipinski definition) is 1. The molecule has 0 aliphatic heterocycles. The van der Waals surface area contributed by atoms with Gasteiger partial charge in [0.15, 0.2) is 0 Å². The number of hydrogen-bond acceptors (Lipinski definition) is 6. The maximum atomic E-state index is 13.9. The third-order valence-corrected chi connectivity index (χ3v) is 5.86. The van der Waals surface area contributed by atoms with Gasteiger partial charge in [-0.2, -0.15) is 4.73 Å². The number of fused-ring (bicyclic) bond motifs is 1. The van der Waals surface area contributed by atoms with Crippen molar-refractivity contribution in [2.24, 2.45) is 0 Å². The Morgan fingerprint density at radius 3 is 2.13 bits per heavy atom. The van der Waals surface area contributed by atoms with Crippen molar-refractivity contribution in [2.75, 3.05) is 26.1 Å². The van der Waals surface area contributed by atoms with Crippen LogP contribution in [0.2, 0.25) is 0 Å².